The summed E-state index contributed by atoms with van der Waals surface area (Å²) in [5.41, 5.74) is 5.69. The van der Waals surface area contributed by atoms with Crippen LogP contribution in [0.1, 0.15) is 0 Å². The van der Waals surface area contributed by atoms with E-state index < -0.39 is 0 Å². The molecule has 2 aliphatic rings. The van der Waals surface area contributed by atoms with Crippen molar-refractivity contribution in [2.45, 2.75) is 6.04 Å². The SMILES string of the molecule is NCC1COCCN1CCN1CCNC1=O. The molecule has 1 atom stereocenters. The number of nitrogens with two attached hydrogens (primary N) is 1. The van der Waals surface area contributed by atoms with E-state index in [1.807, 2.05) is 4.90 Å². The fourth-order valence-electron chi connectivity index (χ4n) is 2.17. The summed E-state index contributed by atoms with van der Waals surface area (Å²) >= 11 is 0. The van der Waals surface area contributed by atoms with Gasteiger partial charge in [0.05, 0.1) is 13.2 Å². The highest BCUT2D eigenvalue weighted by Crippen LogP contribution is 2.06. The quantitative estimate of drug-likeness (QED) is 0.625. The lowest BCUT2D eigenvalue weighted by atomic mass is 10.2. The number of morpholine rings is 1. The van der Waals surface area contributed by atoms with Gasteiger partial charge in [0, 0.05) is 45.3 Å². The fraction of sp³-hybridized carbons (Fsp3) is 0.900. The molecule has 92 valence electrons. The molecule has 0 bridgehead atoms. The van der Waals surface area contributed by atoms with E-state index in [-0.39, 0.29) is 6.03 Å². The summed E-state index contributed by atoms with van der Waals surface area (Å²) in [5, 5.41) is 2.80. The first-order valence-electron chi connectivity index (χ1n) is 5.86. The van der Waals surface area contributed by atoms with Crippen LogP contribution in [0.5, 0.6) is 0 Å². The fourth-order valence-corrected chi connectivity index (χ4v) is 2.17. The first kappa shape index (κ1) is 11.6. The maximum Gasteiger partial charge on any atom is 0.317 e. The van der Waals surface area contributed by atoms with Crippen LogP contribution >= 0.6 is 0 Å². The third-order valence-corrected chi connectivity index (χ3v) is 3.22. The lowest BCUT2D eigenvalue weighted by Crippen LogP contribution is -2.51. The van der Waals surface area contributed by atoms with E-state index in [2.05, 4.69) is 10.2 Å². The maximum atomic E-state index is 11.3. The maximum absolute atomic E-state index is 11.3. The van der Waals surface area contributed by atoms with E-state index in [9.17, 15) is 4.79 Å². The zero-order valence-electron chi connectivity index (χ0n) is 9.52. The largest absolute Gasteiger partial charge is 0.378 e. The molecule has 0 aromatic heterocycles. The highest BCUT2D eigenvalue weighted by molar-refractivity contribution is 5.76. The minimum atomic E-state index is 0.0533. The zero-order chi connectivity index (χ0) is 11.4. The van der Waals surface area contributed by atoms with Crippen molar-refractivity contribution >= 4 is 6.03 Å². The summed E-state index contributed by atoms with van der Waals surface area (Å²) in [6.07, 6.45) is 0. The number of nitrogens with one attached hydrogen (secondary N) is 1. The predicted octanol–water partition coefficient (Wildman–Crippen LogP) is -1.33. The Morgan fingerprint density at radius 3 is 3.00 bits per heavy atom. The Morgan fingerprint density at radius 2 is 2.31 bits per heavy atom. The first-order chi connectivity index (χ1) is 7.81. The van der Waals surface area contributed by atoms with Gasteiger partial charge in [0.1, 0.15) is 0 Å². The summed E-state index contributed by atoms with van der Waals surface area (Å²) in [6.45, 7) is 6.26. The Balaban J connectivity index is 1.77. The van der Waals surface area contributed by atoms with Gasteiger partial charge in [-0.1, -0.05) is 0 Å². The van der Waals surface area contributed by atoms with Gasteiger partial charge in [-0.25, -0.2) is 4.79 Å². The van der Waals surface area contributed by atoms with Crippen LogP contribution in [0.15, 0.2) is 0 Å². The molecule has 3 N–H and O–H groups in total. The van der Waals surface area contributed by atoms with E-state index >= 15 is 0 Å². The van der Waals surface area contributed by atoms with Gasteiger partial charge in [-0.05, 0) is 0 Å². The second-order valence-corrected chi connectivity index (χ2v) is 4.22. The topological polar surface area (TPSA) is 70.8 Å². The normalized spacial score (nSPS) is 27.2. The van der Waals surface area contributed by atoms with E-state index in [4.69, 9.17) is 10.5 Å². The standard InChI is InChI=1S/C10H20N4O2/c11-7-9-8-16-6-5-13(9)3-4-14-2-1-12-10(14)15/h9H,1-8,11H2,(H,12,15). The monoisotopic (exact) mass is 228 g/mol. The Hall–Kier alpha value is -0.850. The Morgan fingerprint density at radius 1 is 1.44 bits per heavy atom. The third kappa shape index (κ3) is 2.63. The molecule has 6 nitrogen and oxygen atoms in total. The Kier molecular flexibility index (Phi) is 3.98. The van der Waals surface area contributed by atoms with Crippen molar-refractivity contribution in [3.8, 4) is 0 Å². The van der Waals surface area contributed by atoms with Crippen molar-refractivity contribution in [3.63, 3.8) is 0 Å². The second kappa shape index (κ2) is 5.47. The lowest BCUT2D eigenvalue weighted by Gasteiger charge is -2.35. The molecule has 2 aliphatic heterocycles. The molecule has 2 rings (SSSR count). The molecule has 6 heteroatoms. The van der Waals surface area contributed by atoms with Gasteiger partial charge in [-0.2, -0.15) is 0 Å². The molecule has 2 heterocycles. The molecule has 2 amide bonds. The van der Waals surface area contributed by atoms with E-state index in [1.165, 1.54) is 0 Å². The van der Waals surface area contributed by atoms with E-state index in [0.29, 0.717) is 19.2 Å². The summed E-state index contributed by atoms with van der Waals surface area (Å²) in [4.78, 5) is 15.5. The molecule has 2 fully saturated rings. The smallest absolute Gasteiger partial charge is 0.317 e. The van der Waals surface area contributed by atoms with Crippen LogP contribution in [0.4, 0.5) is 4.79 Å². The average Bonchev–Trinajstić information content (AvgIpc) is 2.72. The number of nitrogens with zero attached hydrogens (tertiary/aromatic N) is 2. The van der Waals surface area contributed by atoms with E-state index in [1.54, 1.807) is 0 Å². The number of ether oxygens (including phenoxy) is 1. The van der Waals surface area contributed by atoms with Gasteiger partial charge in [-0.15, -0.1) is 0 Å². The molecule has 0 aliphatic carbocycles. The summed E-state index contributed by atoms with van der Waals surface area (Å²) in [5.74, 6) is 0. The van der Waals surface area contributed by atoms with Gasteiger partial charge in [0.2, 0.25) is 0 Å². The van der Waals surface area contributed by atoms with E-state index in [0.717, 1.165) is 39.3 Å². The van der Waals surface area contributed by atoms with Crippen molar-refractivity contribution in [2.75, 3.05) is 52.5 Å². The van der Waals surface area contributed by atoms with Crippen LogP contribution in [0.3, 0.4) is 0 Å². The summed E-state index contributed by atoms with van der Waals surface area (Å²) in [6, 6.07) is 0.358. The van der Waals surface area contributed by atoms with Gasteiger partial charge in [0.15, 0.2) is 0 Å². The minimum Gasteiger partial charge on any atom is -0.378 e. The number of amides is 2. The van der Waals surface area contributed by atoms with Crippen molar-refractivity contribution in [1.29, 1.82) is 0 Å². The van der Waals surface area contributed by atoms with Crippen LogP contribution in [0.2, 0.25) is 0 Å². The zero-order valence-corrected chi connectivity index (χ0v) is 9.52. The van der Waals surface area contributed by atoms with Crippen molar-refractivity contribution < 1.29 is 9.53 Å². The van der Waals surface area contributed by atoms with Crippen molar-refractivity contribution in [2.24, 2.45) is 5.73 Å². The molecule has 0 aromatic rings. The van der Waals surface area contributed by atoms with Crippen molar-refractivity contribution in [1.82, 2.24) is 15.1 Å². The third-order valence-electron chi connectivity index (χ3n) is 3.22. The molecular weight excluding hydrogens is 208 g/mol. The summed E-state index contributed by atoms with van der Waals surface area (Å²) in [7, 11) is 0. The highest BCUT2D eigenvalue weighted by Gasteiger charge is 2.24. The molecule has 0 radical (unpaired) electrons. The van der Waals surface area contributed by atoms with Gasteiger partial charge < -0.3 is 20.7 Å². The Bertz CT molecular complexity index is 249. The molecule has 0 saturated carbocycles. The molecular formula is C10H20N4O2. The van der Waals surface area contributed by atoms with Gasteiger partial charge >= 0.3 is 6.03 Å². The number of urea groups is 1. The summed E-state index contributed by atoms with van der Waals surface area (Å²) < 4.78 is 5.38. The van der Waals surface area contributed by atoms with Crippen LogP contribution in [-0.2, 0) is 4.74 Å². The number of carbonyl (C=O) groups is 1. The van der Waals surface area contributed by atoms with Crippen LogP contribution in [0.25, 0.3) is 0 Å². The Labute approximate surface area is 95.7 Å². The first-order valence-corrected chi connectivity index (χ1v) is 5.86. The minimum absolute atomic E-state index is 0.0533. The molecule has 2 saturated heterocycles. The van der Waals surface area contributed by atoms with Crippen molar-refractivity contribution in [3.05, 3.63) is 0 Å². The highest BCUT2D eigenvalue weighted by atomic mass is 16.5. The number of hydrogen-bond acceptors (Lipinski definition) is 4. The second-order valence-electron chi connectivity index (χ2n) is 4.22. The van der Waals surface area contributed by atoms with Gasteiger partial charge in [-0.3, -0.25) is 4.90 Å². The average molecular weight is 228 g/mol. The van der Waals surface area contributed by atoms with Crippen LogP contribution in [-0.4, -0.2) is 74.4 Å². The number of hydrogen-bond donors (Lipinski definition) is 2. The molecule has 16 heavy (non-hydrogen) atoms. The molecule has 1 unspecified atom stereocenters. The predicted molar refractivity (Wildman–Crippen MR) is 60.2 cm³/mol. The van der Waals surface area contributed by atoms with Crippen LogP contribution < -0.4 is 11.1 Å². The molecule has 0 spiro atoms. The lowest BCUT2D eigenvalue weighted by molar-refractivity contribution is -0.00559. The van der Waals surface area contributed by atoms with Gasteiger partial charge in [0.25, 0.3) is 0 Å². The molecule has 0 aromatic carbocycles. The number of carbonyl (C=O) groups excluding carboxylic acids is 1. The van der Waals surface area contributed by atoms with Crippen LogP contribution in [0, 0.1) is 0 Å². The number of rotatable bonds is 4.